The van der Waals surface area contributed by atoms with E-state index in [-0.39, 0.29) is 43.2 Å². The monoisotopic (exact) mass is 449 g/mol. The van der Waals surface area contributed by atoms with Crippen molar-refractivity contribution in [3.63, 3.8) is 0 Å². The summed E-state index contributed by atoms with van der Waals surface area (Å²) < 4.78 is 13.4. The molecule has 4 N–H and O–H groups in total. The van der Waals surface area contributed by atoms with Gasteiger partial charge in [0.25, 0.3) is 17.7 Å². The second kappa shape index (κ2) is 9.42. The maximum atomic E-state index is 13.4. The average Bonchev–Trinajstić information content (AvgIpc) is 3.05. The first-order valence-corrected chi connectivity index (χ1v) is 9.89. The molecule has 0 bridgehead atoms. The lowest BCUT2D eigenvalue weighted by Crippen LogP contribution is -2.52. The Kier molecular flexibility index (Phi) is 6.89. The van der Waals surface area contributed by atoms with Gasteiger partial charge in [-0.05, 0) is 42.0 Å². The van der Waals surface area contributed by atoms with Crippen LogP contribution in [0.25, 0.3) is 0 Å². The molecule has 10 heteroatoms. The van der Waals surface area contributed by atoms with E-state index in [1.54, 1.807) is 18.2 Å². The Morgan fingerprint density at radius 1 is 1.19 bits per heavy atom. The Bertz CT molecular complexity index is 998. The first-order valence-electron chi connectivity index (χ1n) is 9.51. The van der Waals surface area contributed by atoms with Crippen LogP contribution in [0.2, 0.25) is 5.02 Å². The van der Waals surface area contributed by atoms with E-state index in [0.717, 1.165) is 6.07 Å². The lowest BCUT2D eigenvalue weighted by atomic mass is 10.0. The van der Waals surface area contributed by atoms with Gasteiger partial charge in [-0.15, -0.1) is 0 Å². The normalized spacial score (nSPS) is 18.2. The van der Waals surface area contributed by atoms with Crippen LogP contribution in [0.15, 0.2) is 42.5 Å². The Hall–Kier alpha value is -3.01. The van der Waals surface area contributed by atoms with E-state index in [0.29, 0.717) is 11.3 Å². The highest BCUT2D eigenvalue weighted by Gasteiger charge is 2.51. The van der Waals surface area contributed by atoms with Gasteiger partial charge in [-0.1, -0.05) is 17.7 Å². The molecule has 3 amide bonds. The van der Waals surface area contributed by atoms with Crippen molar-refractivity contribution in [1.29, 1.82) is 0 Å². The predicted octanol–water partition coefficient (Wildman–Crippen LogP) is 0.985. The smallest absolute Gasteiger partial charge is 0.268 e. The zero-order valence-electron chi connectivity index (χ0n) is 16.4. The molecule has 1 heterocycles. The van der Waals surface area contributed by atoms with Crippen LogP contribution in [-0.2, 0) is 16.1 Å². The minimum absolute atomic E-state index is 0.0657. The van der Waals surface area contributed by atoms with E-state index in [9.17, 15) is 23.9 Å². The van der Waals surface area contributed by atoms with Crippen LogP contribution in [0.5, 0.6) is 0 Å². The van der Waals surface area contributed by atoms with Crippen molar-refractivity contribution >= 4 is 35.0 Å². The number of amides is 3. The van der Waals surface area contributed by atoms with Crippen LogP contribution in [0, 0.1) is 5.82 Å². The highest BCUT2D eigenvalue weighted by Crippen LogP contribution is 2.29. The molecule has 1 aliphatic rings. The molecule has 0 saturated carbocycles. The number of aliphatic hydroxyl groups excluding tert-OH is 1. The number of halogens is 2. The van der Waals surface area contributed by atoms with E-state index in [4.69, 9.17) is 16.7 Å². The number of carbonyl (C=O) groups excluding carboxylic acids is 3. The molecule has 1 aliphatic heterocycles. The van der Waals surface area contributed by atoms with Crippen molar-refractivity contribution in [1.82, 2.24) is 10.6 Å². The fourth-order valence-electron chi connectivity index (χ4n) is 3.29. The van der Waals surface area contributed by atoms with Gasteiger partial charge in [0, 0.05) is 42.3 Å². The molecule has 2 aromatic rings. The molecule has 2 aromatic carbocycles. The summed E-state index contributed by atoms with van der Waals surface area (Å²) in [5.74, 6) is -2.72. The number of nitrogens with one attached hydrogen (secondary N) is 2. The van der Waals surface area contributed by atoms with Gasteiger partial charge < -0.3 is 25.7 Å². The maximum absolute atomic E-state index is 13.4. The lowest BCUT2D eigenvalue weighted by Gasteiger charge is -2.22. The average molecular weight is 450 g/mol. The van der Waals surface area contributed by atoms with Crippen molar-refractivity contribution < 1.29 is 29.0 Å². The number of aliphatic hydroxyl groups is 2. The van der Waals surface area contributed by atoms with E-state index < -0.39 is 29.1 Å². The fourth-order valence-corrected chi connectivity index (χ4v) is 3.53. The highest BCUT2D eigenvalue weighted by molar-refractivity contribution is 6.30. The van der Waals surface area contributed by atoms with Crippen molar-refractivity contribution in [2.24, 2.45) is 0 Å². The fraction of sp³-hybridized carbons (Fsp3) is 0.286. The van der Waals surface area contributed by atoms with Gasteiger partial charge in [0.05, 0.1) is 6.61 Å². The van der Waals surface area contributed by atoms with Gasteiger partial charge in [-0.3, -0.25) is 14.4 Å². The summed E-state index contributed by atoms with van der Waals surface area (Å²) in [6.07, 6.45) is -0.150. The second-order valence-corrected chi connectivity index (χ2v) is 7.49. The maximum Gasteiger partial charge on any atom is 0.268 e. The van der Waals surface area contributed by atoms with Crippen molar-refractivity contribution in [3.05, 3.63) is 64.4 Å². The molecule has 0 spiro atoms. The van der Waals surface area contributed by atoms with Gasteiger partial charge in [0.2, 0.25) is 5.60 Å². The summed E-state index contributed by atoms with van der Waals surface area (Å²) in [7, 11) is 0. The number of rotatable bonds is 7. The molecule has 1 fully saturated rings. The molecule has 0 unspecified atom stereocenters. The molecule has 1 atom stereocenters. The molecule has 0 aromatic heterocycles. The third-order valence-electron chi connectivity index (χ3n) is 4.86. The van der Waals surface area contributed by atoms with Crippen LogP contribution in [-0.4, -0.2) is 53.2 Å². The molecule has 0 aliphatic carbocycles. The predicted molar refractivity (Wildman–Crippen MR) is 111 cm³/mol. The molecule has 0 radical (unpaired) electrons. The van der Waals surface area contributed by atoms with E-state index in [1.807, 2.05) is 0 Å². The standard InChI is InChI=1S/C21H21ClFN3O5/c22-15-8-13(9-16(23)11-15)12-25-19(29)21(31)4-6-26(20(21)30)17-3-1-2-14(10-17)18(28)24-5-7-27/h1-3,8-11,27,31H,4-7,12H2,(H,24,28)(H,25,29)/t21-/m1/s1. The Morgan fingerprint density at radius 3 is 2.68 bits per heavy atom. The first-order chi connectivity index (χ1) is 14.7. The van der Waals surface area contributed by atoms with Crippen molar-refractivity contribution in [2.45, 2.75) is 18.6 Å². The molecule has 164 valence electrons. The number of hydrogen-bond donors (Lipinski definition) is 4. The molecule has 3 rings (SSSR count). The quantitative estimate of drug-likeness (QED) is 0.470. The number of nitrogens with zero attached hydrogens (tertiary/aromatic N) is 1. The Morgan fingerprint density at radius 2 is 1.97 bits per heavy atom. The molecule has 8 nitrogen and oxygen atoms in total. The number of anilines is 1. The third-order valence-corrected chi connectivity index (χ3v) is 5.08. The zero-order chi connectivity index (χ0) is 22.6. The van der Waals surface area contributed by atoms with Gasteiger partial charge >= 0.3 is 0 Å². The van der Waals surface area contributed by atoms with Crippen molar-refractivity contribution in [2.75, 3.05) is 24.6 Å². The number of carbonyl (C=O) groups is 3. The van der Waals surface area contributed by atoms with Gasteiger partial charge in [0.1, 0.15) is 5.82 Å². The SMILES string of the molecule is O=C(NCCO)c1cccc(N2CC[C@@](O)(C(=O)NCc3cc(F)cc(Cl)c3)C2=O)c1. The largest absolute Gasteiger partial charge is 0.395 e. The minimum Gasteiger partial charge on any atom is -0.395 e. The Balaban J connectivity index is 1.70. The van der Waals surface area contributed by atoms with Gasteiger partial charge in [0.15, 0.2) is 0 Å². The number of benzene rings is 2. The molecule has 31 heavy (non-hydrogen) atoms. The van der Waals surface area contributed by atoms with Crippen LogP contribution in [0.3, 0.4) is 0 Å². The summed E-state index contributed by atoms with van der Waals surface area (Å²) in [5.41, 5.74) is -1.29. The van der Waals surface area contributed by atoms with Crippen molar-refractivity contribution in [3.8, 4) is 0 Å². The summed E-state index contributed by atoms with van der Waals surface area (Å²) in [4.78, 5) is 38.7. The summed E-state index contributed by atoms with van der Waals surface area (Å²) in [5, 5.41) is 24.7. The first kappa shape index (κ1) is 22.7. The van der Waals surface area contributed by atoms with Gasteiger partial charge in [-0.25, -0.2) is 4.39 Å². The Labute approximate surface area is 182 Å². The topological polar surface area (TPSA) is 119 Å². The van der Waals surface area contributed by atoms with Gasteiger partial charge in [-0.2, -0.15) is 0 Å². The second-order valence-electron chi connectivity index (χ2n) is 7.06. The third kappa shape index (κ3) is 5.01. The van der Waals surface area contributed by atoms with Crippen LogP contribution >= 0.6 is 11.6 Å². The van der Waals surface area contributed by atoms with Crippen LogP contribution in [0.1, 0.15) is 22.3 Å². The lowest BCUT2D eigenvalue weighted by molar-refractivity contribution is -0.149. The molecular weight excluding hydrogens is 429 g/mol. The van der Waals surface area contributed by atoms with Crippen LogP contribution < -0.4 is 15.5 Å². The van der Waals surface area contributed by atoms with E-state index in [2.05, 4.69) is 10.6 Å². The summed E-state index contributed by atoms with van der Waals surface area (Å²) in [6.45, 7) is -0.176. The van der Waals surface area contributed by atoms with E-state index >= 15 is 0 Å². The molecule has 1 saturated heterocycles. The van der Waals surface area contributed by atoms with E-state index in [1.165, 1.54) is 23.1 Å². The zero-order valence-corrected chi connectivity index (χ0v) is 17.2. The molecular formula is C21H21ClFN3O5. The summed E-state index contributed by atoms with van der Waals surface area (Å²) >= 11 is 5.79. The van der Waals surface area contributed by atoms with Crippen LogP contribution in [0.4, 0.5) is 10.1 Å². The highest BCUT2D eigenvalue weighted by atomic mass is 35.5. The summed E-state index contributed by atoms with van der Waals surface area (Å²) in [6, 6.07) is 9.93. The number of hydrogen-bond acceptors (Lipinski definition) is 5. The minimum atomic E-state index is -2.29.